The second kappa shape index (κ2) is 7.28. The summed E-state index contributed by atoms with van der Waals surface area (Å²) in [4.78, 5) is 14.2. The Bertz CT molecular complexity index is 524. The Hall–Kier alpha value is -1.35. The molecule has 3 nitrogen and oxygen atoms in total. The van der Waals surface area contributed by atoms with Crippen LogP contribution in [0.3, 0.4) is 0 Å². The molecular weight excluding hydrogens is 272 g/mol. The standard InChI is InChI=1S/C19H30N2O/c1-13(2)19(22)21-10-9-18(15(4)12-21)20-11-17-8-6-7-14(3)16(17)5/h6-8,13,15,18,20H,9-12H2,1-5H3. The van der Waals surface area contributed by atoms with E-state index in [0.717, 1.165) is 26.1 Å². The van der Waals surface area contributed by atoms with Crippen molar-refractivity contribution in [2.45, 2.75) is 53.6 Å². The normalized spacial score (nSPS) is 22.2. The molecule has 1 aromatic rings. The van der Waals surface area contributed by atoms with E-state index >= 15 is 0 Å². The van der Waals surface area contributed by atoms with Gasteiger partial charge in [0, 0.05) is 31.6 Å². The van der Waals surface area contributed by atoms with E-state index in [2.05, 4.69) is 44.3 Å². The molecule has 122 valence electrons. The second-order valence-corrected chi connectivity index (χ2v) is 7.05. The number of carbonyl (C=O) groups is 1. The predicted molar refractivity (Wildman–Crippen MR) is 91.7 cm³/mol. The number of rotatable bonds is 4. The number of nitrogens with zero attached hydrogens (tertiary/aromatic N) is 1. The molecule has 1 amide bonds. The highest BCUT2D eigenvalue weighted by Crippen LogP contribution is 2.20. The minimum atomic E-state index is 0.103. The Kier molecular flexibility index (Phi) is 5.63. The Labute approximate surface area is 135 Å². The van der Waals surface area contributed by atoms with Gasteiger partial charge < -0.3 is 10.2 Å². The fraction of sp³-hybridized carbons (Fsp3) is 0.632. The van der Waals surface area contributed by atoms with Gasteiger partial charge in [0.25, 0.3) is 0 Å². The molecule has 0 radical (unpaired) electrons. The molecule has 1 saturated heterocycles. The van der Waals surface area contributed by atoms with Crippen LogP contribution in [0.1, 0.15) is 43.9 Å². The highest BCUT2D eigenvalue weighted by Gasteiger charge is 2.29. The molecule has 2 unspecified atom stereocenters. The quantitative estimate of drug-likeness (QED) is 0.925. The lowest BCUT2D eigenvalue weighted by atomic mass is 9.92. The largest absolute Gasteiger partial charge is 0.342 e. The number of piperidine rings is 1. The zero-order chi connectivity index (χ0) is 16.3. The summed E-state index contributed by atoms with van der Waals surface area (Å²) < 4.78 is 0. The molecule has 22 heavy (non-hydrogen) atoms. The molecule has 1 aromatic carbocycles. The number of likely N-dealkylation sites (tertiary alicyclic amines) is 1. The van der Waals surface area contributed by atoms with Crippen molar-refractivity contribution >= 4 is 5.91 Å². The van der Waals surface area contributed by atoms with Crippen molar-refractivity contribution in [1.29, 1.82) is 0 Å². The summed E-state index contributed by atoms with van der Waals surface area (Å²) in [6.07, 6.45) is 1.05. The molecule has 0 bridgehead atoms. The molecule has 3 heteroatoms. The number of benzene rings is 1. The van der Waals surface area contributed by atoms with Gasteiger partial charge in [0.15, 0.2) is 0 Å². The topological polar surface area (TPSA) is 32.3 Å². The van der Waals surface area contributed by atoms with Gasteiger partial charge in [0.2, 0.25) is 5.91 Å². The lowest BCUT2D eigenvalue weighted by Gasteiger charge is -2.38. The Morgan fingerprint density at radius 1 is 1.36 bits per heavy atom. The van der Waals surface area contributed by atoms with E-state index in [4.69, 9.17) is 0 Å². The number of hydrogen-bond donors (Lipinski definition) is 1. The van der Waals surface area contributed by atoms with Gasteiger partial charge in [-0.05, 0) is 42.9 Å². The first kappa shape index (κ1) is 17.0. The summed E-state index contributed by atoms with van der Waals surface area (Å²) >= 11 is 0. The number of hydrogen-bond acceptors (Lipinski definition) is 2. The van der Waals surface area contributed by atoms with Gasteiger partial charge in [0.05, 0.1) is 0 Å². The molecule has 1 heterocycles. The van der Waals surface area contributed by atoms with Gasteiger partial charge in [-0.1, -0.05) is 39.0 Å². The lowest BCUT2D eigenvalue weighted by Crippen LogP contribution is -2.50. The smallest absolute Gasteiger partial charge is 0.225 e. The van der Waals surface area contributed by atoms with Gasteiger partial charge >= 0.3 is 0 Å². The Morgan fingerprint density at radius 2 is 2.09 bits per heavy atom. The lowest BCUT2D eigenvalue weighted by molar-refractivity contribution is -0.136. The first-order valence-corrected chi connectivity index (χ1v) is 8.47. The third kappa shape index (κ3) is 3.89. The molecule has 1 N–H and O–H groups in total. The van der Waals surface area contributed by atoms with Crippen molar-refractivity contribution < 1.29 is 4.79 Å². The third-order valence-corrected chi connectivity index (χ3v) is 4.98. The van der Waals surface area contributed by atoms with Gasteiger partial charge in [-0.15, -0.1) is 0 Å². The predicted octanol–water partition coefficient (Wildman–Crippen LogP) is 3.29. The van der Waals surface area contributed by atoms with E-state index in [1.54, 1.807) is 0 Å². The number of nitrogens with one attached hydrogen (secondary N) is 1. The van der Waals surface area contributed by atoms with Crippen molar-refractivity contribution in [2.24, 2.45) is 11.8 Å². The summed E-state index contributed by atoms with van der Waals surface area (Å²) in [5.74, 6) is 0.896. The van der Waals surface area contributed by atoms with E-state index < -0.39 is 0 Å². The first-order valence-electron chi connectivity index (χ1n) is 8.47. The second-order valence-electron chi connectivity index (χ2n) is 7.05. The van der Waals surface area contributed by atoms with Crippen LogP contribution in [0, 0.1) is 25.7 Å². The summed E-state index contributed by atoms with van der Waals surface area (Å²) in [6.45, 7) is 13.3. The SMILES string of the molecule is Cc1cccc(CNC2CCN(C(=O)C(C)C)CC2C)c1C. The monoisotopic (exact) mass is 302 g/mol. The van der Waals surface area contributed by atoms with Gasteiger partial charge in [-0.3, -0.25) is 4.79 Å². The van der Waals surface area contributed by atoms with E-state index in [9.17, 15) is 4.79 Å². The summed E-state index contributed by atoms with van der Waals surface area (Å²) in [5, 5.41) is 3.71. The maximum atomic E-state index is 12.1. The molecule has 0 spiro atoms. The maximum absolute atomic E-state index is 12.1. The molecule has 1 aliphatic rings. The van der Waals surface area contributed by atoms with E-state index in [1.165, 1.54) is 16.7 Å². The van der Waals surface area contributed by atoms with Gasteiger partial charge in [-0.2, -0.15) is 0 Å². The zero-order valence-electron chi connectivity index (χ0n) is 14.6. The molecule has 0 aromatic heterocycles. The fourth-order valence-corrected chi connectivity index (χ4v) is 3.26. The number of aryl methyl sites for hydroxylation is 1. The molecule has 1 fully saturated rings. The van der Waals surface area contributed by atoms with Crippen LogP contribution in [0.15, 0.2) is 18.2 Å². The van der Waals surface area contributed by atoms with Crippen LogP contribution in [-0.4, -0.2) is 29.9 Å². The van der Waals surface area contributed by atoms with Crippen LogP contribution in [0.4, 0.5) is 0 Å². The zero-order valence-corrected chi connectivity index (χ0v) is 14.6. The minimum absolute atomic E-state index is 0.103. The van der Waals surface area contributed by atoms with Crippen molar-refractivity contribution in [1.82, 2.24) is 10.2 Å². The average molecular weight is 302 g/mol. The van der Waals surface area contributed by atoms with Crippen molar-refractivity contribution in [3.63, 3.8) is 0 Å². The average Bonchev–Trinajstić information content (AvgIpc) is 2.49. The highest BCUT2D eigenvalue weighted by molar-refractivity contribution is 5.78. The first-order chi connectivity index (χ1) is 10.4. The summed E-state index contributed by atoms with van der Waals surface area (Å²) in [6, 6.07) is 7.00. The molecule has 2 atom stereocenters. The van der Waals surface area contributed by atoms with Crippen LogP contribution < -0.4 is 5.32 Å². The Balaban J connectivity index is 1.90. The highest BCUT2D eigenvalue weighted by atomic mass is 16.2. The molecule has 2 rings (SSSR count). The van der Waals surface area contributed by atoms with Crippen molar-refractivity contribution in [3.8, 4) is 0 Å². The maximum Gasteiger partial charge on any atom is 0.225 e. The van der Waals surface area contributed by atoms with Gasteiger partial charge in [0.1, 0.15) is 0 Å². The van der Waals surface area contributed by atoms with Crippen LogP contribution in [0.2, 0.25) is 0 Å². The van der Waals surface area contributed by atoms with E-state index in [0.29, 0.717) is 17.9 Å². The van der Waals surface area contributed by atoms with Crippen LogP contribution >= 0.6 is 0 Å². The third-order valence-electron chi connectivity index (χ3n) is 4.98. The van der Waals surface area contributed by atoms with Crippen molar-refractivity contribution in [2.75, 3.05) is 13.1 Å². The number of amides is 1. The van der Waals surface area contributed by atoms with Crippen LogP contribution in [0.25, 0.3) is 0 Å². The van der Waals surface area contributed by atoms with Gasteiger partial charge in [-0.25, -0.2) is 0 Å². The molecule has 0 aliphatic carbocycles. The molecule has 1 aliphatic heterocycles. The number of carbonyl (C=O) groups excluding carboxylic acids is 1. The molecular formula is C19H30N2O. The summed E-state index contributed by atoms with van der Waals surface area (Å²) in [7, 11) is 0. The summed E-state index contributed by atoms with van der Waals surface area (Å²) in [5.41, 5.74) is 4.12. The van der Waals surface area contributed by atoms with Crippen LogP contribution in [0.5, 0.6) is 0 Å². The van der Waals surface area contributed by atoms with E-state index in [1.807, 2.05) is 18.7 Å². The van der Waals surface area contributed by atoms with E-state index in [-0.39, 0.29) is 5.92 Å². The fourth-order valence-electron chi connectivity index (χ4n) is 3.26. The van der Waals surface area contributed by atoms with Crippen LogP contribution in [-0.2, 0) is 11.3 Å². The Morgan fingerprint density at radius 3 is 2.73 bits per heavy atom. The van der Waals surface area contributed by atoms with Crippen molar-refractivity contribution in [3.05, 3.63) is 34.9 Å². The molecule has 0 saturated carbocycles. The minimum Gasteiger partial charge on any atom is -0.342 e.